The zero-order valence-electron chi connectivity index (χ0n) is 33.5. The number of carbonyl (C=O) groups is 3. The van der Waals surface area contributed by atoms with Crippen LogP contribution in [0.3, 0.4) is 0 Å². The first-order valence-corrected chi connectivity index (χ1v) is 19.9. The summed E-state index contributed by atoms with van der Waals surface area (Å²) >= 11 is 12.2. The molecule has 0 aromatic heterocycles. The van der Waals surface area contributed by atoms with E-state index in [4.69, 9.17) is 28.9 Å². The van der Waals surface area contributed by atoms with Gasteiger partial charge in [0.1, 0.15) is 0 Å². The molecule has 0 saturated heterocycles. The minimum absolute atomic E-state index is 0.0371. The molecule has 0 radical (unpaired) electrons. The summed E-state index contributed by atoms with van der Waals surface area (Å²) in [5.41, 5.74) is 9.54. The summed E-state index contributed by atoms with van der Waals surface area (Å²) in [7, 11) is 3.15. The number of nitrogens with zero attached hydrogens (tertiary/aromatic N) is 1. The van der Waals surface area contributed by atoms with Crippen molar-refractivity contribution in [3.63, 3.8) is 0 Å². The van der Waals surface area contributed by atoms with Crippen LogP contribution in [0.15, 0.2) is 64.8 Å². The van der Waals surface area contributed by atoms with E-state index in [-0.39, 0.29) is 49.1 Å². The Morgan fingerprint density at radius 1 is 0.907 bits per heavy atom. The van der Waals surface area contributed by atoms with Crippen LogP contribution in [0.2, 0.25) is 10.0 Å². The number of rotatable bonds is 15. The van der Waals surface area contributed by atoms with Gasteiger partial charge in [0.05, 0.1) is 24.7 Å². The maximum absolute atomic E-state index is 12.6. The first-order chi connectivity index (χ1) is 25.8. The molecule has 302 valence electrons. The Morgan fingerprint density at radius 3 is 1.98 bits per heavy atom. The quantitative estimate of drug-likeness (QED) is 0.0901. The van der Waals surface area contributed by atoms with Crippen molar-refractivity contribution in [3.8, 4) is 0 Å². The van der Waals surface area contributed by atoms with Crippen LogP contribution in [0, 0.1) is 11.8 Å². The van der Waals surface area contributed by atoms with Gasteiger partial charge in [-0.3, -0.25) is 9.79 Å². The van der Waals surface area contributed by atoms with Gasteiger partial charge in [0, 0.05) is 47.7 Å². The molecule has 4 atom stereocenters. The van der Waals surface area contributed by atoms with Gasteiger partial charge >= 0.3 is 12.1 Å². The summed E-state index contributed by atoms with van der Waals surface area (Å²) in [5, 5.41) is 25.6. The highest BCUT2D eigenvalue weighted by Crippen LogP contribution is 2.36. The van der Waals surface area contributed by atoms with E-state index < -0.39 is 6.10 Å². The van der Waals surface area contributed by atoms with E-state index in [0.717, 1.165) is 43.2 Å². The van der Waals surface area contributed by atoms with Crippen LogP contribution in [0.25, 0.3) is 0 Å². The molecule has 0 bridgehead atoms. The fourth-order valence-electron chi connectivity index (χ4n) is 6.48. The maximum atomic E-state index is 12.6. The molecule has 1 saturated carbocycles. The van der Waals surface area contributed by atoms with Crippen molar-refractivity contribution in [3.05, 3.63) is 81.0 Å². The Hall–Kier alpha value is -3.80. The van der Waals surface area contributed by atoms with Gasteiger partial charge in [0.2, 0.25) is 5.91 Å². The van der Waals surface area contributed by atoms with Crippen LogP contribution in [0.5, 0.6) is 0 Å². The first-order valence-electron chi connectivity index (χ1n) is 19.1. The van der Waals surface area contributed by atoms with Crippen LogP contribution in [-0.4, -0.2) is 62.1 Å². The number of aliphatic imine (C=N–C) groups is 1. The number of amides is 5. The normalized spacial score (nSPS) is 15.4. The summed E-state index contributed by atoms with van der Waals surface area (Å²) in [6.45, 7) is 12.0. The van der Waals surface area contributed by atoms with Crippen LogP contribution in [0.1, 0.15) is 116 Å². The highest BCUT2D eigenvalue weighted by molar-refractivity contribution is 6.30. The summed E-state index contributed by atoms with van der Waals surface area (Å²) < 4.78 is 0. The van der Waals surface area contributed by atoms with Gasteiger partial charge in [-0.05, 0) is 80.3 Å². The standard InChI is InChI=1S/C22H35ClN4O2.C16H22ClN3O2.C3H8/c1-6-9-16(7-2)21(17-10-8-11-18(23)12-17)27-22(29)26-13-19(28)20(14(3)24)15(4)25-5;1-18-16(22)19-10-14(21)20-15(11-5-2-3-6-11)12-7-4-8-13(17)9-12;1-3-2/h8,10-12,16,19,21,28H,6-7,9,13,24H2,1-5H3,(H2,26,27,29);4,7-9,11,15H,2-3,5-6,10H2,1H3,(H,20,21)(H2,18,19,22);3H2,1-2H3/b20-14+,25-15?;;. The Kier molecular flexibility index (Phi) is 24.0. The van der Waals surface area contributed by atoms with Gasteiger partial charge in [0.15, 0.2) is 0 Å². The van der Waals surface area contributed by atoms with Crippen molar-refractivity contribution in [2.45, 2.75) is 111 Å². The van der Waals surface area contributed by atoms with Gasteiger partial charge in [-0.15, -0.1) is 0 Å². The second-order valence-electron chi connectivity index (χ2n) is 13.6. The van der Waals surface area contributed by atoms with Gasteiger partial charge in [-0.1, -0.05) is 107 Å². The zero-order valence-corrected chi connectivity index (χ0v) is 35.0. The lowest BCUT2D eigenvalue weighted by Gasteiger charge is -2.28. The minimum atomic E-state index is -0.934. The average molecular weight is 791 g/mol. The molecule has 1 fully saturated rings. The molecule has 3 rings (SSSR count). The van der Waals surface area contributed by atoms with E-state index in [0.29, 0.717) is 32.9 Å². The van der Waals surface area contributed by atoms with E-state index in [1.165, 1.54) is 26.3 Å². The predicted octanol–water partition coefficient (Wildman–Crippen LogP) is 8.22. The Balaban J connectivity index is 0.000000518. The molecule has 2 aromatic carbocycles. The summed E-state index contributed by atoms with van der Waals surface area (Å²) in [6, 6.07) is 14.3. The lowest BCUT2D eigenvalue weighted by molar-refractivity contribution is -0.121. The number of aliphatic hydroxyl groups excluding tert-OH is 1. The summed E-state index contributed by atoms with van der Waals surface area (Å²) in [6.07, 6.45) is 7.83. The van der Waals surface area contributed by atoms with Crippen LogP contribution in [-0.2, 0) is 4.79 Å². The molecule has 1 aliphatic carbocycles. The number of aliphatic hydroxyl groups is 1. The number of hydrogen-bond donors (Lipinski definition) is 7. The van der Waals surface area contributed by atoms with Crippen molar-refractivity contribution >= 4 is 46.9 Å². The van der Waals surface area contributed by atoms with Gasteiger partial charge < -0.3 is 37.4 Å². The lowest BCUT2D eigenvalue weighted by atomic mass is 9.87. The van der Waals surface area contributed by atoms with Crippen molar-refractivity contribution in [2.75, 3.05) is 27.2 Å². The third-order valence-electron chi connectivity index (χ3n) is 9.12. The topological polar surface area (TPSA) is 170 Å². The summed E-state index contributed by atoms with van der Waals surface area (Å²) in [4.78, 5) is 40.0. The zero-order chi connectivity index (χ0) is 40.6. The van der Waals surface area contributed by atoms with E-state index in [1.807, 2.05) is 48.5 Å². The molecule has 4 unspecified atom stereocenters. The number of nitrogens with two attached hydrogens (primary N) is 1. The smallest absolute Gasteiger partial charge is 0.315 e. The third-order valence-corrected chi connectivity index (χ3v) is 9.59. The number of urea groups is 2. The fraction of sp³-hybridized carbons (Fsp3) is 0.561. The second-order valence-corrected chi connectivity index (χ2v) is 14.4. The number of benzene rings is 2. The van der Waals surface area contributed by atoms with E-state index in [9.17, 15) is 19.5 Å². The Labute approximate surface area is 333 Å². The molecule has 54 heavy (non-hydrogen) atoms. The molecule has 13 heteroatoms. The van der Waals surface area contributed by atoms with Crippen LogP contribution < -0.4 is 32.3 Å². The molecule has 11 nitrogen and oxygen atoms in total. The molecule has 1 aliphatic rings. The molecule has 5 amide bonds. The van der Waals surface area contributed by atoms with Gasteiger partial charge in [0.25, 0.3) is 0 Å². The molecule has 0 heterocycles. The molecule has 0 spiro atoms. The molecule has 0 aliphatic heterocycles. The molecular weight excluding hydrogens is 725 g/mol. The number of hydrogen-bond acceptors (Lipinski definition) is 6. The number of carbonyl (C=O) groups excluding carboxylic acids is 3. The lowest BCUT2D eigenvalue weighted by Crippen LogP contribution is -2.44. The maximum Gasteiger partial charge on any atom is 0.315 e. The van der Waals surface area contributed by atoms with Crippen molar-refractivity contribution in [2.24, 2.45) is 22.6 Å². The average Bonchev–Trinajstić information content (AvgIpc) is 3.68. The van der Waals surface area contributed by atoms with E-state index >= 15 is 0 Å². The fourth-order valence-corrected chi connectivity index (χ4v) is 6.88. The monoisotopic (exact) mass is 789 g/mol. The largest absolute Gasteiger partial charge is 0.402 e. The van der Waals surface area contributed by atoms with E-state index in [2.05, 4.69) is 59.3 Å². The minimum Gasteiger partial charge on any atom is -0.402 e. The Bertz CT molecular complexity index is 1490. The number of nitrogens with one attached hydrogen (secondary N) is 5. The highest BCUT2D eigenvalue weighted by atomic mass is 35.5. The SMILES string of the molecule is CCC.CCCC(CC)C(NC(=O)NCC(O)/C(C(C)=NC)=C(\C)N)c1cccc(Cl)c1.CNC(=O)NCC(=O)NC(c1cccc(Cl)c1)C1CCCC1. The highest BCUT2D eigenvalue weighted by Gasteiger charge is 2.28. The van der Waals surface area contributed by atoms with Gasteiger partial charge in [-0.2, -0.15) is 0 Å². The summed E-state index contributed by atoms with van der Waals surface area (Å²) in [5.74, 6) is 0.508. The number of halogens is 2. The molecule has 8 N–H and O–H groups in total. The number of allylic oxidation sites excluding steroid dienone is 1. The predicted molar refractivity (Wildman–Crippen MR) is 224 cm³/mol. The van der Waals surface area contributed by atoms with Crippen molar-refractivity contribution in [1.82, 2.24) is 26.6 Å². The van der Waals surface area contributed by atoms with Gasteiger partial charge in [-0.25, -0.2) is 9.59 Å². The first kappa shape index (κ1) is 48.2. The molecular formula is C41H65Cl2N7O4. The van der Waals surface area contributed by atoms with Crippen molar-refractivity contribution in [1.29, 1.82) is 0 Å². The van der Waals surface area contributed by atoms with Crippen LogP contribution in [0.4, 0.5) is 9.59 Å². The second kappa shape index (κ2) is 26.9. The Morgan fingerprint density at radius 2 is 1.48 bits per heavy atom. The van der Waals surface area contributed by atoms with Crippen LogP contribution >= 0.6 is 23.2 Å². The van der Waals surface area contributed by atoms with E-state index in [1.54, 1.807) is 20.9 Å². The van der Waals surface area contributed by atoms with Crippen molar-refractivity contribution < 1.29 is 19.5 Å². The molecule has 2 aromatic rings. The third kappa shape index (κ3) is 17.6.